The van der Waals surface area contributed by atoms with Crippen LogP contribution in [0.3, 0.4) is 0 Å². The molecule has 0 aromatic carbocycles. The van der Waals surface area contributed by atoms with Crippen molar-refractivity contribution in [2.75, 3.05) is 31.1 Å². The summed E-state index contributed by atoms with van der Waals surface area (Å²) in [5, 5.41) is 9.69. The molecule has 2 saturated heterocycles. The van der Waals surface area contributed by atoms with E-state index in [9.17, 15) is 14.7 Å². The molecule has 2 atom stereocenters. The van der Waals surface area contributed by atoms with E-state index in [1.54, 1.807) is 18.6 Å². The normalized spacial score (nSPS) is 29.7. The van der Waals surface area contributed by atoms with Gasteiger partial charge in [-0.1, -0.05) is 6.42 Å². The zero-order valence-corrected chi connectivity index (χ0v) is 14.3. The first kappa shape index (κ1) is 16.3. The highest BCUT2D eigenvalue weighted by Crippen LogP contribution is 2.49. The van der Waals surface area contributed by atoms with Crippen molar-refractivity contribution in [2.24, 2.45) is 17.3 Å². The number of carboxylic acids is 1. The van der Waals surface area contributed by atoms with Gasteiger partial charge in [-0.05, 0) is 31.6 Å². The third-order valence-corrected chi connectivity index (χ3v) is 6.33. The fourth-order valence-electron chi connectivity index (χ4n) is 4.88. The van der Waals surface area contributed by atoms with E-state index in [2.05, 4.69) is 14.9 Å². The number of fused-ring (bicyclic) bond motifs is 1. The Balaban J connectivity index is 1.38. The molecule has 1 aromatic rings. The summed E-state index contributed by atoms with van der Waals surface area (Å²) in [4.78, 5) is 37.1. The van der Waals surface area contributed by atoms with Gasteiger partial charge >= 0.3 is 5.97 Å². The summed E-state index contributed by atoms with van der Waals surface area (Å²) in [6.07, 6.45) is 9.27. The van der Waals surface area contributed by atoms with Gasteiger partial charge in [0, 0.05) is 44.5 Å². The van der Waals surface area contributed by atoms with Gasteiger partial charge in [0.1, 0.15) is 5.82 Å². The highest BCUT2D eigenvalue weighted by atomic mass is 16.4. The molecule has 3 heterocycles. The summed E-state index contributed by atoms with van der Waals surface area (Å²) in [7, 11) is 0. The molecule has 0 bridgehead atoms. The molecule has 1 saturated carbocycles. The number of nitrogens with zero attached hydrogens (tertiary/aromatic N) is 4. The number of aromatic nitrogens is 2. The quantitative estimate of drug-likeness (QED) is 0.892. The molecule has 1 aromatic heterocycles. The van der Waals surface area contributed by atoms with Crippen LogP contribution >= 0.6 is 0 Å². The Morgan fingerprint density at radius 3 is 2.64 bits per heavy atom. The van der Waals surface area contributed by atoms with Crippen LogP contribution in [-0.4, -0.2) is 58.0 Å². The lowest BCUT2D eigenvalue weighted by atomic mass is 9.81. The van der Waals surface area contributed by atoms with Gasteiger partial charge < -0.3 is 14.9 Å². The van der Waals surface area contributed by atoms with Crippen molar-refractivity contribution >= 4 is 17.7 Å². The van der Waals surface area contributed by atoms with E-state index in [0.717, 1.165) is 44.6 Å². The SMILES string of the molecule is O=C(C1CCN(c2cnccn2)CC1)N1C[C@@H]2CCC[C@@]2(C(=O)O)C1. The largest absolute Gasteiger partial charge is 0.481 e. The Kier molecular flexibility index (Phi) is 4.09. The first-order chi connectivity index (χ1) is 12.1. The summed E-state index contributed by atoms with van der Waals surface area (Å²) in [6.45, 7) is 2.60. The van der Waals surface area contributed by atoms with E-state index < -0.39 is 11.4 Å². The van der Waals surface area contributed by atoms with Gasteiger partial charge in [-0.3, -0.25) is 14.6 Å². The Bertz CT molecular complexity index is 660. The standard InChI is InChI=1S/C18H24N4O3/c23-16(22-11-14-2-1-5-18(14,12-22)17(24)25)13-3-8-21(9-4-13)15-10-19-6-7-20-15/h6-7,10,13-14H,1-5,8-9,11-12H2,(H,24,25)/t14-,18+/m0/s1. The molecule has 2 aliphatic heterocycles. The predicted molar refractivity (Wildman–Crippen MR) is 91.0 cm³/mol. The summed E-state index contributed by atoms with van der Waals surface area (Å²) in [6, 6.07) is 0. The Morgan fingerprint density at radius 2 is 2.00 bits per heavy atom. The molecule has 1 N–H and O–H groups in total. The minimum absolute atomic E-state index is 0.00223. The van der Waals surface area contributed by atoms with Gasteiger partial charge in [-0.2, -0.15) is 0 Å². The van der Waals surface area contributed by atoms with Crippen molar-refractivity contribution in [3.63, 3.8) is 0 Å². The van der Waals surface area contributed by atoms with Crippen LogP contribution in [0.5, 0.6) is 0 Å². The van der Waals surface area contributed by atoms with Crippen molar-refractivity contribution in [1.82, 2.24) is 14.9 Å². The number of hydrogen-bond donors (Lipinski definition) is 1. The van der Waals surface area contributed by atoms with E-state index in [0.29, 0.717) is 19.5 Å². The average molecular weight is 344 g/mol. The maximum atomic E-state index is 12.9. The monoisotopic (exact) mass is 344 g/mol. The second-order valence-corrected chi connectivity index (χ2v) is 7.59. The van der Waals surface area contributed by atoms with Gasteiger partial charge in [-0.15, -0.1) is 0 Å². The van der Waals surface area contributed by atoms with E-state index in [-0.39, 0.29) is 17.7 Å². The lowest BCUT2D eigenvalue weighted by Crippen LogP contribution is -2.43. The molecular weight excluding hydrogens is 320 g/mol. The molecule has 3 aliphatic rings. The molecule has 134 valence electrons. The third kappa shape index (κ3) is 2.75. The summed E-state index contributed by atoms with van der Waals surface area (Å²) in [5.74, 6) is 0.414. The molecule has 0 unspecified atom stereocenters. The number of hydrogen-bond acceptors (Lipinski definition) is 5. The number of aliphatic carboxylic acids is 1. The smallest absolute Gasteiger partial charge is 0.311 e. The van der Waals surface area contributed by atoms with Gasteiger partial charge in [0.2, 0.25) is 5.91 Å². The molecule has 1 aliphatic carbocycles. The van der Waals surface area contributed by atoms with Crippen LogP contribution in [0.15, 0.2) is 18.6 Å². The maximum Gasteiger partial charge on any atom is 0.311 e. The Morgan fingerprint density at radius 1 is 1.20 bits per heavy atom. The molecule has 7 nitrogen and oxygen atoms in total. The van der Waals surface area contributed by atoms with Crippen LogP contribution in [0.4, 0.5) is 5.82 Å². The highest BCUT2D eigenvalue weighted by Gasteiger charge is 2.56. The fraction of sp³-hybridized carbons (Fsp3) is 0.667. The van der Waals surface area contributed by atoms with E-state index in [1.165, 1.54) is 0 Å². The lowest BCUT2D eigenvalue weighted by molar-refractivity contribution is -0.149. The number of carboxylic acid groups (broad SMARTS) is 1. The van der Waals surface area contributed by atoms with E-state index >= 15 is 0 Å². The number of likely N-dealkylation sites (tertiary alicyclic amines) is 1. The molecule has 0 radical (unpaired) electrons. The molecule has 4 rings (SSSR count). The number of rotatable bonds is 3. The van der Waals surface area contributed by atoms with Crippen LogP contribution in [0.1, 0.15) is 32.1 Å². The zero-order chi connectivity index (χ0) is 17.4. The van der Waals surface area contributed by atoms with Gasteiger partial charge in [-0.25, -0.2) is 4.98 Å². The Labute approximate surface area is 147 Å². The first-order valence-electron chi connectivity index (χ1n) is 9.13. The van der Waals surface area contributed by atoms with E-state index in [1.807, 2.05) is 4.90 Å². The van der Waals surface area contributed by atoms with Crippen LogP contribution in [-0.2, 0) is 9.59 Å². The van der Waals surface area contributed by atoms with Crippen molar-refractivity contribution < 1.29 is 14.7 Å². The molecule has 7 heteroatoms. The van der Waals surface area contributed by atoms with E-state index in [4.69, 9.17) is 0 Å². The van der Waals surface area contributed by atoms with Crippen LogP contribution < -0.4 is 4.90 Å². The highest BCUT2D eigenvalue weighted by molar-refractivity contribution is 5.83. The minimum atomic E-state index is -0.720. The topological polar surface area (TPSA) is 86.6 Å². The molecular formula is C18H24N4O3. The van der Waals surface area contributed by atoms with Gasteiger partial charge in [0.05, 0.1) is 11.6 Å². The number of piperidine rings is 1. The summed E-state index contributed by atoms with van der Waals surface area (Å²) in [5.41, 5.74) is -0.685. The second kappa shape index (κ2) is 6.28. The van der Waals surface area contributed by atoms with Crippen LogP contribution in [0.25, 0.3) is 0 Å². The first-order valence-corrected chi connectivity index (χ1v) is 9.13. The number of carbonyl (C=O) groups is 2. The molecule has 1 amide bonds. The van der Waals surface area contributed by atoms with Crippen molar-refractivity contribution in [2.45, 2.75) is 32.1 Å². The predicted octanol–water partition coefficient (Wildman–Crippen LogP) is 1.41. The van der Waals surface area contributed by atoms with Crippen molar-refractivity contribution in [3.05, 3.63) is 18.6 Å². The zero-order valence-electron chi connectivity index (χ0n) is 14.3. The second-order valence-electron chi connectivity index (χ2n) is 7.59. The third-order valence-electron chi connectivity index (χ3n) is 6.33. The lowest BCUT2D eigenvalue weighted by Gasteiger charge is -2.34. The minimum Gasteiger partial charge on any atom is -0.481 e. The molecule has 25 heavy (non-hydrogen) atoms. The number of amides is 1. The van der Waals surface area contributed by atoms with Crippen LogP contribution in [0, 0.1) is 17.3 Å². The maximum absolute atomic E-state index is 12.9. The molecule has 0 spiro atoms. The average Bonchev–Trinajstić information content (AvgIpc) is 3.20. The number of carbonyl (C=O) groups excluding carboxylic acids is 1. The van der Waals surface area contributed by atoms with Gasteiger partial charge in [0.25, 0.3) is 0 Å². The van der Waals surface area contributed by atoms with Crippen molar-refractivity contribution in [1.29, 1.82) is 0 Å². The van der Waals surface area contributed by atoms with Gasteiger partial charge in [0.15, 0.2) is 0 Å². The summed E-state index contributed by atoms with van der Waals surface area (Å²) < 4.78 is 0. The fourth-order valence-corrected chi connectivity index (χ4v) is 4.88. The summed E-state index contributed by atoms with van der Waals surface area (Å²) >= 11 is 0. The Hall–Kier alpha value is -2.18. The number of anilines is 1. The van der Waals surface area contributed by atoms with Crippen LogP contribution in [0.2, 0.25) is 0 Å². The van der Waals surface area contributed by atoms with Crippen molar-refractivity contribution in [3.8, 4) is 0 Å². The molecule has 3 fully saturated rings.